The monoisotopic (exact) mass is 900 g/mol. The Morgan fingerprint density at radius 1 is 0.319 bits per heavy atom. The van der Waals surface area contributed by atoms with Gasteiger partial charge >= 0.3 is 0 Å². The molecule has 0 radical (unpaired) electrons. The molecule has 10 aromatic carbocycles. The second-order valence-corrected chi connectivity index (χ2v) is 18.8. The normalized spacial score (nSPS) is 12.1. The van der Waals surface area contributed by atoms with Gasteiger partial charge in [0.1, 0.15) is 28.1 Å². The van der Waals surface area contributed by atoms with Gasteiger partial charge in [-0.1, -0.05) is 133 Å². The molecule has 0 aliphatic carbocycles. The highest BCUT2D eigenvalue weighted by Gasteiger charge is 2.24. The van der Waals surface area contributed by atoms with Crippen LogP contribution in [0.3, 0.4) is 0 Å². The first-order valence-electron chi connectivity index (χ1n) is 23.1. The lowest BCUT2D eigenvalue weighted by atomic mass is 9.99. The van der Waals surface area contributed by atoms with E-state index >= 15 is 0 Å². The number of nitrogens with zero attached hydrogens (tertiary/aromatic N) is 4. The lowest BCUT2D eigenvalue weighted by Gasteiger charge is -2.27. The molecule has 0 atom stereocenters. The fraction of sp³-hybridized carbons (Fsp3) is 0. The maximum Gasteiger partial charge on any atom is 0.138 e. The number of fused-ring (bicyclic) bond motifs is 15. The van der Waals surface area contributed by atoms with Gasteiger partial charge in [0.25, 0.3) is 0 Å². The van der Waals surface area contributed by atoms with Crippen LogP contribution in [0.2, 0.25) is 0 Å². The van der Waals surface area contributed by atoms with E-state index in [9.17, 15) is 0 Å². The Hall–Kier alpha value is -9.04. The van der Waals surface area contributed by atoms with Crippen molar-refractivity contribution in [1.29, 1.82) is 0 Å². The van der Waals surface area contributed by atoms with Crippen LogP contribution < -0.4 is 9.80 Å². The zero-order valence-electron chi connectivity index (χ0n) is 36.8. The average molecular weight is 901 g/mol. The number of rotatable bonds is 6. The second-order valence-electron chi connectivity index (χ2n) is 17.7. The number of anilines is 6. The number of aromatic nitrogens is 2. The van der Waals surface area contributed by atoms with Gasteiger partial charge in [-0.15, -0.1) is 11.3 Å². The van der Waals surface area contributed by atoms with Crippen molar-refractivity contribution in [3.63, 3.8) is 0 Å². The van der Waals surface area contributed by atoms with E-state index in [1.165, 1.54) is 26.9 Å². The molecule has 322 valence electrons. The number of hydrogen-bond acceptors (Lipinski definition) is 7. The van der Waals surface area contributed by atoms with Gasteiger partial charge in [-0.2, -0.15) is 0 Å². The molecule has 5 heterocycles. The Kier molecular flexibility index (Phi) is 8.13. The van der Waals surface area contributed by atoms with Gasteiger partial charge < -0.3 is 13.7 Å². The van der Waals surface area contributed by atoms with Crippen molar-refractivity contribution in [2.45, 2.75) is 0 Å². The molecule has 0 aliphatic rings. The van der Waals surface area contributed by atoms with Crippen molar-refractivity contribution in [3.8, 4) is 0 Å². The summed E-state index contributed by atoms with van der Waals surface area (Å²) in [6, 6.07) is 73.2. The molecular weight excluding hydrogens is 865 g/mol. The molecule has 6 nitrogen and oxygen atoms in total. The van der Waals surface area contributed by atoms with Crippen molar-refractivity contribution in [1.82, 2.24) is 9.97 Å². The zero-order valence-corrected chi connectivity index (χ0v) is 37.6. The predicted molar refractivity (Wildman–Crippen MR) is 289 cm³/mol. The standard InChI is InChI=1S/C62H36N4O2S/c1-3-15-42-37(13-1)29-53(46-19-7-5-17-44(42)46)65(39-25-27-50-48-21-9-11-23-55(48)67-57(50)31-39)41-33-60-62(64-35-41)52-36-63-61(34-59(52)69-60)66(40-26-28-51-49-22-10-12-24-56(49)68-58(51)32-40)54-30-38-14-2-4-16-43(38)45-18-6-8-20-47(45)54/h1-36H. The van der Waals surface area contributed by atoms with Crippen LogP contribution in [0.25, 0.3) is 107 Å². The molecule has 0 spiro atoms. The summed E-state index contributed by atoms with van der Waals surface area (Å²) < 4.78 is 15.1. The molecule has 5 aromatic heterocycles. The molecule has 0 fully saturated rings. The minimum atomic E-state index is 0.800. The molecule has 0 saturated carbocycles. The van der Waals surface area contributed by atoms with Crippen LogP contribution in [0.4, 0.5) is 34.3 Å². The maximum atomic E-state index is 6.50. The second kappa shape index (κ2) is 14.7. The Morgan fingerprint density at radius 3 is 1.39 bits per heavy atom. The lowest BCUT2D eigenvalue weighted by Crippen LogP contribution is -2.12. The smallest absolute Gasteiger partial charge is 0.138 e. The van der Waals surface area contributed by atoms with Crippen LogP contribution in [0.5, 0.6) is 0 Å². The molecule has 0 N–H and O–H groups in total. The van der Waals surface area contributed by atoms with Crippen molar-refractivity contribution >= 4 is 153 Å². The fourth-order valence-electron chi connectivity index (χ4n) is 10.7. The minimum absolute atomic E-state index is 0.800. The summed E-state index contributed by atoms with van der Waals surface area (Å²) in [4.78, 5) is 15.2. The van der Waals surface area contributed by atoms with Gasteiger partial charge in [0.15, 0.2) is 0 Å². The number of furan rings is 2. The lowest BCUT2D eigenvalue weighted by molar-refractivity contribution is 0.668. The van der Waals surface area contributed by atoms with Crippen LogP contribution in [-0.4, -0.2) is 9.97 Å². The summed E-state index contributed by atoms with van der Waals surface area (Å²) in [6.45, 7) is 0. The summed E-state index contributed by atoms with van der Waals surface area (Å²) in [5, 5.41) is 14.8. The first-order valence-corrected chi connectivity index (χ1v) is 23.9. The van der Waals surface area contributed by atoms with Crippen LogP contribution in [-0.2, 0) is 0 Å². The number of pyridine rings is 2. The topological polar surface area (TPSA) is 58.5 Å². The average Bonchev–Trinajstić information content (AvgIpc) is 4.09. The van der Waals surface area contributed by atoms with E-state index in [1.54, 1.807) is 11.3 Å². The molecule has 15 aromatic rings. The first kappa shape index (κ1) is 38.1. The molecule has 0 bridgehead atoms. The molecular formula is C62H36N4O2S. The van der Waals surface area contributed by atoms with Gasteiger partial charge in [0, 0.05) is 66.4 Å². The van der Waals surface area contributed by atoms with E-state index in [-0.39, 0.29) is 0 Å². The van der Waals surface area contributed by atoms with Crippen molar-refractivity contribution < 1.29 is 8.83 Å². The van der Waals surface area contributed by atoms with E-state index in [0.29, 0.717) is 0 Å². The minimum Gasteiger partial charge on any atom is -0.456 e. The van der Waals surface area contributed by atoms with Gasteiger partial charge in [-0.25, -0.2) is 4.98 Å². The first-order chi connectivity index (χ1) is 34.2. The third kappa shape index (κ3) is 5.84. The van der Waals surface area contributed by atoms with Crippen LogP contribution >= 0.6 is 11.3 Å². The van der Waals surface area contributed by atoms with Crippen LogP contribution in [0, 0.1) is 0 Å². The highest BCUT2D eigenvalue weighted by molar-refractivity contribution is 7.25. The number of thiophene rings is 1. The number of benzene rings is 10. The predicted octanol–water partition coefficient (Wildman–Crippen LogP) is 18.2. The molecule has 0 aliphatic heterocycles. The largest absolute Gasteiger partial charge is 0.456 e. The Morgan fingerprint density at radius 2 is 0.797 bits per heavy atom. The Balaban J connectivity index is 0.933. The fourth-order valence-corrected chi connectivity index (χ4v) is 11.8. The molecule has 0 unspecified atom stereocenters. The third-order valence-electron chi connectivity index (χ3n) is 13.9. The molecule has 15 rings (SSSR count). The van der Waals surface area contributed by atoms with Gasteiger partial charge in [0.2, 0.25) is 0 Å². The molecule has 0 amide bonds. The Bertz CT molecular complexity index is 4310. The summed E-state index contributed by atoms with van der Waals surface area (Å²) in [5.41, 5.74) is 9.29. The van der Waals surface area contributed by atoms with E-state index in [1.807, 2.05) is 36.7 Å². The van der Waals surface area contributed by atoms with E-state index < -0.39 is 0 Å². The van der Waals surface area contributed by atoms with Gasteiger partial charge in [0.05, 0.1) is 39.2 Å². The van der Waals surface area contributed by atoms with Gasteiger partial charge in [-0.3, -0.25) is 9.88 Å². The number of hydrogen-bond donors (Lipinski definition) is 0. The van der Waals surface area contributed by atoms with E-state index in [0.717, 1.165) is 115 Å². The van der Waals surface area contributed by atoms with Crippen molar-refractivity contribution in [3.05, 3.63) is 219 Å². The zero-order chi connectivity index (χ0) is 45.2. The molecule has 69 heavy (non-hydrogen) atoms. The Labute approximate surface area is 398 Å². The third-order valence-corrected chi connectivity index (χ3v) is 15.0. The number of para-hydroxylation sites is 2. The van der Waals surface area contributed by atoms with Crippen molar-refractivity contribution in [2.75, 3.05) is 9.80 Å². The van der Waals surface area contributed by atoms with Crippen LogP contribution in [0.1, 0.15) is 0 Å². The molecule has 0 saturated heterocycles. The maximum absolute atomic E-state index is 6.50. The molecule has 7 heteroatoms. The highest BCUT2D eigenvalue weighted by atomic mass is 32.1. The van der Waals surface area contributed by atoms with Crippen molar-refractivity contribution in [2.24, 2.45) is 0 Å². The van der Waals surface area contributed by atoms with E-state index in [2.05, 4.69) is 192 Å². The quantitative estimate of drug-likeness (QED) is 0.155. The summed E-state index contributed by atoms with van der Waals surface area (Å²) >= 11 is 1.74. The van der Waals surface area contributed by atoms with Gasteiger partial charge in [-0.05, 0) is 93.0 Å². The summed E-state index contributed by atoms with van der Waals surface area (Å²) in [5.74, 6) is 0.800. The van der Waals surface area contributed by atoms with Crippen LogP contribution in [0.15, 0.2) is 227 Å². The summed E-state index contributed by atoms with van der Waals surface area (Å²) in [6.07, 6.45) is 4.00. The SMILES string of the molecule is c1ccc2c(c1)cc(N(c1ccc3c(c1)oc1ccccc13)c1cnc3c(c1)sc1cc(N(c4ccc5c(c4)oc4ccccc45)c4cc5ccccc5c5ccccc45)ncc13)c1ccccc12. The highest BCUT2D eigenvalue weighted by Crippen LogP contribution is 2.48. The van der Waals surface area contributed by atoms with E-state index in [4.69, 9.17) is 18.8 Å². The summed E-state index contributed by atoms with van der Waals surface area (Å²) in [7, 11) is 0.